The normalized spacial score (nSPS) is 17.2. The van der Waals surface area contributed by atoms with Crippen molar-refractivity contribution in [2.75, 3.05) is 16.9 Å². The number of fused-ring (bicyclic) bond motifs is 2. The number of hydrogen-bond donors (Lipinski definition) is 1. The van der Waals surface area contributed by atoms with Crippen LogP contribution in [-0.4, -0.2) is 17.1 Å². The van der Waals surface area contributed by atoms with E-state index < -0.39 is 0 Å². The monoisotopic (exact) mass is 396 g/mol. The van der Waals surface area contributed by atoms with Gasteiger partial charge in [0.15, 0.2) is 4.80 Å². The van der Waals surface area contributed by atoms with Crippen molar-refractivity contribution in [3.63, 3.8) is 0 Å². The minimum atomic E-state index is -0.288. The van der Waals surface area contributed by atoms with Gasteiger partial charge in [-0.25, -0.2) is 4.99 Å². The lowest BCUT2D eigenvalue weighted by molar-refractivity contribution is -0.110. The van der Waals surface area contributed by atoms with Crippen molar-refractivity contribution in [2.24, 2.45) is 4.99 Å². The molecule has 1 amide bonds. The van der Waals surface area contributed by atoms with Crippen LogP contribution in [0.25, 0.3) is 5.57 Å². The van der Waals surface area contributed by atoms with Crippen molar-refractivity contribution in [2.45, 2.75) is 6.67 Å². The molecule has 3 aromatic rings. The first-order valence-electron chi connectivity index (χ1n) is 8.31. The van der Waals surface area contributed by atoms with Crippen LogP contribution in [0.2, 0.25) is 5.02 Å². The number of nitrogens with one attached hydrogen (secondary N) is 1. The maximum Gasteiger partial charge on any atom is 0.272 e. The van der Waals surface area contributed by atoms with Crippen molar-refractivity contribution >= 4 is 45.8 Å². The molecule has 0 radical (unpaired) electrons. The molecule has 2 aliphatic rings. The van der Waals surface area contributed by atoms with E-state index in [1.807, 2.05) is 35.2 Å². The molecule has 0 saturated carbocycles. The van der Waals surface area contributed by atoms with Crippen LogP contribution >= 0.6 is 22.9 Å². The zero-order chi connectivity index (χ0) is 18.5. The molecule has 0 spiro atoms. The van der Waals surface area contributed by atoms with E-state index in [4.69, 9.17) is 11.6 Å². The number of aromatic nitrogens is 1. The first-order valence-corrected chi connectivity index (χ1v) is 9.51. The summed E-state index contributed by atoms with van der Waals surface area (Å²) >= 11 is 7.34. The summed E-state index contributed by atoms with van der Waals surface area (Å²) in [5.74, 6) is -0.288. The fraction of sp³-hybridized carbons (Fsp3) is 0.105. The number of rotatable bonds is 1. The van der Waals surface area contributed by atoms with Crippen LogP contribution in [0.5, 0.6) is 0 Å². The summed E-state index contributed by atoms with van der Waals surface area (Å²) in [6.07, 6.45) is 0. The van der Waals surface area contributed by atoms with Gasteiger partial charge in [-0.2, -0.15) is 0 Å². The Hall–Kier alpha value is -2.90. The summed E-state index contributed by atoms with van der Waals surface area (Å²) < 4.78 is 2.00. The Labute approximate surface area is 162 Å². The van der Waals surface area contributed by atoms with Gasteiger partial charge in [0.25, 0.3) is 11.5 Å². The topological polar surface area (TPSA) is 66.7 Å². The van der Waals surface area contributed by atoms with Crippen LogP contribution in [-0.2, 0) is 11.5 Å². The van der Waals surface area contributed by atoms with Crippen molar-refractivity contribution in [3.8, 4) is 0 Å². The van der Waals surface area contributed by atoms with Gasteiger partial charge in [-0.15, -0.1) is 0 Å². The van der Waals surface area contributed by atoms with Gasteiger partial charge in [-0.05, 0) is 30.3 Å². The molecule has 1 aromatic heterocycles. The zero-order valence-electron chi connectivity index (χ0n) is 14.0. The SMILES string of the molecule is O=C1Nc2ccc(Cl)cc2/C1=c1/sc2n(c1=O)CN(c1ccccc1)CN=2. The highest BCUT2D eigenvalue weighted by Crippen LogP contribution is 2.32. The number of carbonyl (C=O) groups is 1. The average molecular weight is 397 g/mol. The van der Waals surface area contributed by atoms with Gasteiger partial charge in [0.2, 0.25) is 0 Å². The van der Waals surface area contributed by atoms with Crippen molar-refractivity contribution in [1.82, 2.24) is 4.57 Å². The van der Waals surface area contributed by atoms with Crippen LogP contribution in [0.15, 0.2) is 58.3 Å². The number of thiazole rings is 1. The highest BCUT2D eigenvalue weighted by atomic mass is 35.5. The average Bonchev–Trinajstić information content (AvgIpc) is 3.18. The van der Waals surface area contributed by atoms with E-state index in [-0.39, 0.29) is 11.5 Å². The zero-order valence-corrected chi connectivity index (χ0v) is 15.5. The van der Waals surface area contributed by atoms with Gasteiger partial charge in [0.1, 0.15) is 17.9 Å². The maximum atomic E-state index is 13.1. The van der Waals surface area contributed by atoms with Crippen molar-refractivity contribution in [3.05, 3.63) is 78.8 Å². The molecule has 0 saturated heterocycles. The molecule has 0 aliphatic carbocycles. The maximum absolute atomic E-state index is 13.1. The molecule has 0 fully saturated rings. The highest BCUT2D eigenvalue weighted by Gasteiger charge is 2.28. The second-order valence-corrected chi connectivity index (χ2v) is 7.70. The number of halogens is 1. The number of amides is 1. The third-order valence-electron chi connectivity index (χ3n) is 4.63. The smallest absolute Gasteiger partial charge is 0.272 e. The first kappa shape index (κ1) is 16.3. The fourth-order valence-electron chi connectivity index (χ4n) is 3.33. The Balaban J connectivity index is 1.68. The van der Waals surface area contributed by atoms with Gasteiger partial charge in [0, 0.05) is 22.0 Å². The highest BCUT2D eigenvalue weighted by molar-refractivity contribution is 7.07. The summed E-state index contributed by atoms with van der Waals surface area (Å²) in [6, 6.07) is 15.0. The summed E-state index contributed by atoms with van der Waals surface area (Å²) in [5, 5.41) is 3.32. The Morgan fingerprint density at radius 1 is 1.11 bits per heavy atom. The molecule has 2 aromatic carbocycles. The second kappa shape index (κ2) is 6.07. The second-order valence-electron chi connectivity index (χ2n) is 6.28. The standard InChI is InChI=1S/C19H13ClN4O2S/c20-11-6-7-14-13(8-11)15(17(25)22-14)16-18(26)24-10-23(9-21-19(24)27-16)12-4-2-1-3-5-12/h1-8H,9-10H2,(H,22,25)/b16-15-. The number of hydrogen-bond acceptors (Lipinski definition) is 5. The molecule has 2 aliphatic heterocycles. The lowest BCUT2D eigenvalue weighted by Crippen LogP contribution is -2.43. The molecule has 6 nitrogen and oxygen atoms in total. The van der Waals surface area contributed by atoms with Crippen LogP contribution in [0.4, 0.5) is 11.4 Å². The molecule has 0 bridgehead atoms. The van der Waals surface area contributed by atoms with Crippen LogP contribution in [0, 0.1) is 0 Å². The third kappa shape index (κ3) is 2.58. The van der Waals surface area contributed by atoms with Crippen molar-refractivity contribution < 1.29 is 4.79 Å². The van der Waals surface area contributed by atoms with E-state index in [1.54, 1.807) is 22.8 Å². The lowest BCUT2D eigenvalue weighted by Gasteiger charge is -2.25. The predicted molar refractivity (Wildman–Crippen MR) is 106 cm³/mol. The van der Waals surface area contributed by atoms with E-state index >= 15 is 0 Å². The predicted octanol–water partition coefficient (Wildman–Crippen LogP) is 1.77. The Kier molecular flexibility index (Phi) is 3.66. The van der Waals surface area contributed by atoms with E-state index in [0.717, 1.165) is 5.69 Å². The Bertz CT molecular complexity index is 1260. The van der Waals surface area contributed by atoms with E-state index in [2.05, 4.69) is 10.3 Å². The molecule has 5 rings (SSSR count). The van der Waals surface area contributed by atoms with Gasteiger partial charge >= 0.3 is 0 Å². The van der Waals surface area contributed by atoms with Gasteiger partial charge in [0.05, 0.1) is 5.57 Å². The Morgan fingerprint density at radius 2 is 1.93 bits per heavy atom. The number of nitrogens with zero attached hydrogens (tertiary/aromatic N) is 3. The number of benzene rings is 2. The van der Waals surface area contributed by atoms with Crippen LogP contribution < -0.4 is 25.1 Å². The molecule has 134 valence electrons. The first-order chi connectivity index (χ1) is 13.1. The molecular formula is C19H13ClN4O2S. The molecule has 27 heavy (non-hydrogen) atoms. The van der Waals surface area contributed by atoms with Crippen LogP contribution in [0.1, 0.15) is 5.56 Å². The minimum Gasteiger partial charge on any atom is -0.334 e. The van der Waals surface area contributed by atoms with E-state index in [1.165, 1.54) is 11.3 Å². The molecule has 1 N–H and O–H groups in total. The molecule has 3 heterocycles. The van der Waals surface area contributed by atoms with Gasteiger partial charge in [-0.3, -0.25) is 14.2 Å². The van der Waals surface area contributed by atoms with Gasteiger partial charge < -0.3 is 10.2 Å². The molecule has 8 heteroatoms. The third-order valence-corrected chi connectivity index (χ3v) is 5.98. The summed E-state index contributed by atoms with van der Waals surface area (Å²) in [4.78, 5) is 32.8. The summed E-state index contributed by atoms with van der Waals surface area (Å²) in [5.41, 5.74) is 2.47. The molecule has 0 atom stereocenters. The fourth-order valence-corrected chi connectivity index (χ4v) is 4.56. The minimum absolute atomic E-state index is 0.211. The number of anilines is 2. The molecule has 0 unspecified atom stereocenters. The summed E-state index contributed by atoms with van der Waals surface area (Å²) in [7, 11) is 0. The van der Waals surface area contributed by atoms with E-state index in [9.17, 15) is 9.59 Å². The molecular weight excluding hydrogens is 384 g/mol. The van der Waals surface area contributed by atoms with Gasteiger partial charge in [-0.1, -0.05) is 41.1 Å². The van der Waals surface area contributed by atoms with Crippen LogP contribution in [0.3, 0.4) is 0 Å². The largest absolute Gasteiger partial charge is 0.334 e. The Morgan fingerprint density at radius 3 is 2.74 bits per heavy atom. The number of carbonyl (C=O) groups excluding carboxylic acids is 1. The van der Waals surface area contributed by atoms with Crippen molar-refractivity contribution in [1.29, 1.82) is 0 Å². The summed E-state index contributed by atoms with van der Waals surface area (Å²) in [6.45, 7) is 0.864. The lowest BCUT2D eigenvalue weighted by atomic mass is 10.1. The number of para-hydroxylation sites is 1. The quantitative estimate of drug-likeness (QED) is 0.681. The van der Waals surface area contributed by atoms with E-state index in [0.29, 0.717) is 44.5 Å².